The van der Waals surface area contributed by atoms with Crippen LogP contribution in [0.3, 0.4) is 0 Å². The molecular weight excluding hydrogens is 389 g/mol. The number of alkyl halides is 3. The van der Waals surface area contributed by atoms with Crippen LogP contribution < -0.4 is 5.32 Å². The van der Waals surface area contributed by atoms with E-state index in [9.17, 15) is 28.1 Å². The van der Waals surface area contributed by atoms with E-state index in [-0.39, 0.29) is 22.1 Å². The van der Waals surface area contributed by atoms with Gasteiger partial charge < -0.3 is 5.32 Å². The molecule has 0 radical (unpaired) electrons. The Bertz CT molecular complexity index is 991. The van der Waals surface area contributed by atoms with Crippen LogP contribution in [0.4, 0.5) is 18.9 Å². The topological polar surface area (TPSA) is 97.5 Å². The van der Waals surface area contributed by atoms with E-state index in [0.29, 0.717) is 11.6 Å². The number of nitro benzene ring substituents is 1. The van der Waals surface area contributed by atoms with E-state index < -0.39 is 34.3 Å². The SMILES string of the molecule is C[C@@H](N=C1NC(=O)c2cnc(Cl)cc21)c1cc([N+](=O)[O-])cc(C(F)(F)F)c1. The summed E-state index contributed by atoms with van der Waals surface area (Å²) in [4.78, 5) is 30.0. The summed E-state index contributed by atoms with van der Waals surface area (Å²) < 4.78 is 39.1. The minimum absolute atomic E-state index is 0.0214. The van der Waals surface area contributed by atoms with Crippen LogP contribution >= 0.6 is 11.6 Å². The van der Waals surface area contributed by atoms with Crippen molar-refractivity contribution >= 4 is 29.0 Å². The third-order valence-electron chi connectivity index (χ3n) is 3.89. The Morgan fingerprint density at radius 1 is 1.26 bits per heavy atom. The van der Waals surface area contributed by atoms with Crippen LogP contribution in [0.25, 0.3) is 0 Å². The van der Waals surface area contributed by atoms with Gasteiger partial charge in [-0.25, -0.2) is 4.98 Å². The van der Waals surface area contributed by atoms with Crippen molar-refractivity contribution in [3.63, 3.8) is 0 Å². The van der Waals surface area contributed by atoms with Gasteiger partial charge in [-0.15, -0.1) is 0 Å². The quantitative estimate of drug-likeness (QED) is 0.481. The fourth-order valence-corrected chi connectivity index (χ4v) is 2.72. The van der Waals surface area contributed by atoms with Crippen molar-refractivity contribution in [2.75, 3.05) is 0 Å². The molecule has 3 rings (SSSR count). The van der Waals surface area contributed by atoms with Crippen molar-refractivity contribution in [2.45, 2.75) is 19.1 Å². The largest absolute Gasteiger partial charge is 0.416 e. The first-order valence-corrected chi connectivity index (χ1v) is 7.85. The number of nitro groups is 1. The van der Waals surface area contributed by atoms with Crippen molar-refractivity contribution in [2.24, 2.45) is 4.99 Å². The van der Waals surface area contributed by atoms with Gasteiger partial charge in [0.05, 0.1) is 22.1 Å². The minimum Gasteiger partial charge on any atom is -0.306 e. The highest BCUT2D eigenvalue weighted by atomic mass is 35.5. The zero-order valence-corrected chi connectivity index (χ0v) is 14.3. The fourth-order valence-electron chi connectivity index (χ4n) is 2.56. The van der Waals surface area contributed by atoms with Gasteiger partial charge in [0, 0.05) is 23.9 Å². The summed E-state index contributed by atoms with van der Waals surface area (Å²) in [5, 5.41) is 13.6. The Kier molecular flexibility index (Phi) is 4.60. The summed E-state index contributed by atoms with van der Waals surface area (Å²) in [6, 6.07) is 2.76. The molecule has 0 aliphatic carbocycles. The van der Waals surface area contributed by atoms with E-state index in [4.69, 9.17) is 11.6 Å². The summed E-state index contributed by atoms with van der Waals surface area (Å²) in [6.45, 7) is 1.46. The molecular formula is C16H10ClF3N4O3. The lowest BCUT2D eigenvalue weighted by Crippen LogP contribution is -2.22. The van der Waals surface area contributed by atoms with Gasteiger partial charge in [-0.1, -0.05) is 11.6 Å². The number of hydrogen-bond donors (Lipinski definition) is 1. The van der Waals surface area contributed by atoms with Crippen LogP contribution in [-0.2, 0) is 6.18 Å². The number of aliphatic imine (C=N–C) groups is 1. The number of benzene rings is 1. The molecule has 27 heavy (non-hydrogen) atoms. The third kappa shape index (κ3) is 3.75. The predicted molar refractivity (Wildman–Crippen MR) is 89.8 cm³/mol. The van der Waals surface area contributed by atoms with Crippen molar-refractivity contribution in [1.82, 2.24) is 10.3 Å². The maximum absolute atomic E-state index is 13.0. The molecule has 1 aromatic carbocycles. The Morgan fingerprint density at radius 3 is 2.59 bits per heavy atom. The Labute approximate surface area is 155 Å². The molecule has 0 saturated carbocycles. The number of rotatable bonds is 3. The third-order valence-corrected chi connectivity index (χ3v) is 4.09. The van der Waals surface area contributed by atoms with Gasteiger partial charge in [0.1, 0.15) is 11.0 Å². The summed E-state index contributed by atoms with van der Waals surface area (Å²) >= 11 is 5.81. The number of pyridine rings is 1. The maximum atomic E-state index is 13.0. The van der Waals surface area contributed by atoms with E-state index in [0.717, 1.165) is 12.1 Å². The summed E-state index contributed by atoms with van der Waals surface area (Å²) in [6.07, 6.45) is -3.49. The first-order chi connectivity index (χ1) is 12.6. The number of amidine groups is 1. The lowest BCUT2D eigenvalue weighted by atomic mass is 10.0. The zero-order chi connectivity index (χ0) is 19.9. The van der Waals surface area contributed by atoms with Gasteiger partial charge in [0.15, 0.2) is 0 Å². The summed E-state index contributed by atoms with van der Waals surface area (Å²) in [7, 11) is 0. The number of non-ortho nitro benzene ring substituents is 1. The molecule has 0 unspecified atom stereocenters. The van der Waals surface area contributed by atoms with Gasteiger partial charge in [0.2, 0.25) is 0 Å². The molecule has 1 aromatic heterocycles. The molecule has 2 heterocycles. The molecule has 11 heteroatoms. The highest BCUT2D eigenvalue weighted by Crippen LogP contribution is 2.35. The predicted octanol–water partition coefficient (Wildman–Crippen LogP) is 3.91. The smallest absolute Gasteiger partial charge is 0.306 e. The standard InChI is InChI=1S/C16H10ClF3N4O3/c1-7(8-2-9(16(18,19)20)4-10(3-8)24(26)27)22-14-11-5-13(17)21-6-12(11)15(25)23-14/h2-7H,1H3,(H,22,23,25)/t7-/m1/s1. The van der Waals surface area contributed by atoms with Gasteiger partial charge in [-0.2, -0.15) is 13.2 Å². The molecule has 0 fully saturated rings. The number of fused-ring (bicyclic) bond motifs is 1. The average molecular weight is 399 g/mol. The van der Waals surface area contributed by atoms with Crippen LogP contribution in [0, 0.1) is 10.1 Å². The lowest BCUT2D eigenvalue weighted by Gasteiger charge is -2.12. The summed E-state index contributed by atoms with van der Waals surface area (Å²) in [5.41, 5.74) is -1.29. The van der Waals surface area contributed by atoms with Gasteiger partial charge in [-0.05, 0) is 24.6 Å². The molecule has 1 aliphatic heterocycles. The van der Waals surface area contributed by atoms with Gasteiger partial charge in [0.25, 0.3) is 11.6 Å². The normalized spacial score (nSPS) is 16.2. The first-order valence-electron chi connectivity index (χ1n) is 7.48. The van der Waals surface area contributed by atoms with Gasteiger partial charge >= 0.3 is 6.18 Å². The molecule has 0 bridgehead atoms. The second-order valence-electron chi connectivity index (χ2n) is 5.73. The summed E-state index contributed by atoms with van der Waals surface area (Å²) in [5.74, 6) is -0.373. The van der Waals surface area contributed by atoms with E-state index in [1.165, 1.54) is 19.2 Å². The highest BCUT2D eigenvalue weighted by molar-refractivity contribution is 6.31. The number of nitrogens with one attached hydrogen (secondary N) is 1. The van der Waals surface area contributed by atoms with E-state index in [2.05, 4.69) is 15.3 Å². The van der Waals surface area contributed by atoms with Crippen LogP contribution in [0.15, 0.2) is 35.5 Å². The molecule has 140 valence electrons. The van der Waals surface area contributed by atoms with E-state index in [1.54, 1.807) is 0 Å². The van der Waals surface area contributed by atoms with Crippen molar-refractivity contribution in [1.29, 1.82) is 0 Å². The van der Waals surface area contributed by atoms with E-state index >= 15 is 0 Å². The van der Waals surface area contributed by atoms with Crippen LogP contribution in [0.1, 0.15) is 40.0 Å². The minimum atomic E-state index is -4.75. The van der Waals surface area contributed by atoms with Crippen molar-refractivity contribution in [3.05, 3.63) is 68.0 Å². The lowest BCUT2D eigenvalue weighted by molar-refractivity contribution is -0.385. The van der Waals surface area contributed by atoms with E-state index in [1.807, 2.05) is 0 Å². The first kappa shape index (κ1) is 18.8. The second-order valence-corrected chi connectivity index (χ2v) is 6.12. The number of halogens is 4. The number of aromatic nitrogens is 1. The number of carbonyl (C=O) groups is 1. The monoisotopic (exact) mass is 398 g/mol. The van der Waals surface area contributed by atoms with Crippen LogP contribution in [0.5, 0.6) is 0 Å². The van der Waals surface area contributed by atoms with Crippen LogP contribution in [-0.4, -0.2) is 21.7 Å². The molecule has 1 aliphatic rings. The molecule has 0 saturated heterocycles. The Balaban J connectivity index is 2.05. The van der Waals surface area contributed by atoms with Gasteiger partial charge in [-0.3, -0.25) is 19.9 Å². The molecule has 1 N–H and O–H groups in total. The fraction of sp³-hybridized carbons (Fsp3) is 0.188. The number of amides is 1. The van der Waals surface area contributed by atoms with Crippen LogP contribution in [0.2, 0.25) is 5.15 Å². The van der Waals surface area contributed by atoms with Crippen molar-refractivity contribution < 1.29 is 22.9 Å². The maximum Gasteiger partial charge on any atom is 0.416 e. The molecule has 2 aromatic rings. The molecule has 1 atom stereocenters. The average Bonchev–Trinajstić information content (AvgIpc) is 2.88. The number of hydrogen-bond acceptors (Lipinski definition) is 5. The zero-order valence-electron chi connectivity index (χ0n) is 13.5. The molecule has 0 spiro atoms. The Morgan fingerprint density at radius 2 is 1.96 bits per heavy atom. The number of carbonyl (C=O) groups excluding carboxylic acids is 1. The van der Waals surface area contributed by atoms with Crippen molar-refractivity contribution in [3.8, 4) is 0 Å². The highest BCUT2D eigenvalue weighted by Gasteiger charge is 2.33. The second kappa shape index (κ2) is 6.62. The molecule has 1 amide bonds. The molecule has 7 nitrogen and oxygen atoms in total. The number of nitrogens with zero attached hydrogens (tertiary/aromatic N) is 3. The Hall–Kier alpha value is -3.01.